The number of carbonyl (C=O) groups is 1. The van der Waals surface area contributed by atoms with Crippen LogP contribution in [0.2, 0.25) is 5.02 Å². The number of hydrogen-bond donors (Lipinski definition) is 0. The molecular formula is C34H40ClF5N8O2. The summed E-state index contributed by atoms with van der Waals surface area (Å²) in [6.07, 6.45) is 0.489. The summed E-state index contributed by atoms with van der Waals surface area (Å²) in [6.45, 7) is 10.4. The Bertz CT molecular complexity index is 1640. The zero-order chi connectivity index (χ0) is 35.6. The van der Waals surface area contributed by atoms with Gasteiger partial charge in [-0.15, -0.1) is 0 Å². The SMILES string of the molecule is [C-]#[N+]C[C@H]1CN(c2nc(OC[C@@H]3CCCN3C)nc3c2CCN(c2cccc(Cl)c2C(F)(F)F)C3)CCN1C(=O)/C=C/CN1CCC(F)(F)C1. The number of hydrogen-bond acceptors (Lipinski definition) is 8. The Morgan fingerprint density at radius 1 is 1.14 bits per heavy atom. The number of likely N-dealkylation sites (tertiary alicyclic amines) is 2. The van der Waals surface area contributed by atoms with Crippen LogP contribution in [0, 0.1) is 6.57 Å². The minimum absolute atomic E-state index is 0.0263. The molecule has 5 heterocycles. The van der Waals surface area contributed by atoms with Crippen molar-refractivity contribution in [3.63, 3.8) is 0 Å². The van der Waals surface area contributed by atoms with Gasteiger partial charge in [0, 0.05) is 63.4 Å². The van der Waals surface area contributed by atoms with Gasteiger partial charge in [0.15, 0.2) is 0 Å². The van der Waals surface area contributed by atoms with Gasteiger partial charge >= 0.3 is 12.2 Å². The Kier molecular flexibility index (Phi) is 10.7. The van der Waals surface area contributed by atoms with Crippen molar-refractivity contribution in [2.24, 2.45) is 0 Å². The summed E-state index contributed by atoms with van der Waals surface area (Å²) < 4.78 is 75.6. The van der Waals surface area contributed by atoms with Gasteiger partial charge < -0.3 is 29.2 Å². The standard InChI is InChI=1S/C34H40ClF5N8O2/c1-41-18-24-19-47(16-17-48(24)29(49)9-5-13-45-15-11-33(36,37)22-45)31-25-10-14-46(28-8-3-7-26(35)30(28)34(38,39)40)20-27(25)42-32(43-31)50-21-23-6-4-12-44(23)2/h3,5,7-9,23-24H,4,6,10-22H2,2H3/b9-5+/t23-,24-/m0/s1. The molecule has 0 saturated carbocycles. The maximum absolute atomic E-state index is 14.1. The van der Waals surface area contributed by atoms with Gasteiger partial charge in [-0.1, -0.05) is 23.7 Å². The molecule has 3 fully saturated rings. The third kappa shape index (κ3) is 8.08. The fourth-order valence-electron chi connectivity index (χ4n) is 7.30. The molecule has 3 saturated heterocycles. The first kappa shape index (κ1) is 36.1. The molecule has 0 unspecified atom stereocenters. The summed E-state index contributed by atoms with van der Waals surface area (Å²) in [6, 6.07) is 3.97. The molecule has 0 bridgehead atoms. The van der Waals surface area contributed by atoms with E-state index in [1.54, 1.807) is 20.8 Å². The number of halogens is 6. The highest BCUT2D eigenvalue weighted by atomic mass is 35.5. The van der Waals surface area contributed by atoms with Crippen LogP contribution in [0.3, 0.4) is 0 Å². The quantitative estimate of drug-likeness (QED) is 0.203. The molecule has 0 N–H and O–H groups in total. The summed E-state index contributed by atoms with van der Waals surface area (Å²) >= 11 is 6.06. The van der Waals surface area contributed by atoms with Crippen LogP contribution in [0.25, 0.3) is 4.85 Å². The number of piperazine rings is 1. The number of rotatable bonds is 9. The van der Waals surface area contributed by atoms with E-state index < -0.39 is 23.7 Å². The topological polar surface area (TPSA) is 72.6 Å². The maximum Gasteiger partial charge on any atom is 0.419 e. The van der Waals surface area contributed by atoms with E-state index in [-0.39, 0.29) is 80.9 Å². The van der Waals surface area contributed by atoms with Crippen LogP contribution in [0.4, 0.5) is 33.5 Å². The highest BCUT2D eigenvalue weighted by Crippen LogP contribution is 2.43. The van der Waals surface area contributed by atoms with Crippen LogP contribution in [0.15, 0.2) is 30.4 Å². The Balaban J connectivity index is 1.24. The van der Waals surface area contributed by atoms with E-state index in [0.29, 0.717) is 37.6 Å². The average Bonchev–Trinajstić information content (AvgIpc) is 3.65. The molecule has 16 heteroatoms. The van der Waals surface area contributed by atoms with Crippen molar-refractivity contribution in [2.45, 2.75) is 56.4 Å². The van der Waals surface area contributed by atoms with E-state index in [4.69, 9.17) is 32.9 Å². The third-order valence-corrected chi connectivity index (χ3v) is 10.3. The molecule has 2 atom stereocenters. The molecule has 6 rings (SSSR count). The van der Waals surface area contributed by atoms with Crippen LogP contribution >= 0.6 is 11.6 Å². The second-order valence-electron chi connectivity index (χ2n) is 13.4. The van der Waals surface area contributed by atoms with Gasteiger partial charge in [0.05, 0.1) is 35.1 Å². The minimum atomic E-state index is -4.65. The number of fused-ring (bicyclic) bond motifs is 1. The number of ether oxygens (including phenoxy) is 1. The van der Waals surface area contributed by atoms with Crippen LogP contribution < -0.4 is 14.5 Å². The average molecular weight is 723 g/mol. The summed E-state index contributed by atoms with van der Waals surface area (Å²) in [5.41, 5.74) is 0.405. The van der Waals surface area contributed by atoms with E-state index in [9.17, 15) is 26.7 Å². The Labute approximate surface area is 293 Å². The van der Waals surface area contributed by atoms with Crippen LogP contribution in [-0.4, -0.2) is 121 Å². The van der Waals surface area contributed by atoms with E-state index in [0.717, 1.165) is 24.9 Å². The second kappa shape index (κ2) is 14.9. The van der Waals surface area contributed by atoms with Gasteiger partial charge in [0.2, 0.25) is 12.5 Å². The number of anilines is 2. The van der Waals surface area contributed by atoms with Gasteiger partial charge in [-0.3, -0.25) is 9.69 Å². The van der Waals surface area contributed by atoms with Gasteiger partial charge in [-0.25, -0.2) is 15.4 Å². The van der Waals surface area contributed by atoms with Crippen molar-refractivity contribution < 1.29 is 31.5 Å². The predicted octanol–water partition coefficient (Wildman–Crippen LogP) is 5.02. The fourth-order valence-corrected chi connectivity index (χ4v) is 7.58. The highest BCUT2D eigenvalue weighted by molar-refractivity contribution is 6.31. The van der Waals surface area contributed by atoms with Crippen molar-refractivity contribution >= 4 is 29.0 Å². The summed E-state index contributed by atoms with van der Waals surface area (Å²) in [5.74, 6) is -2.43. The van der Waals surface area contributed by atoms with Gasteiger partial charge in [-0.2, -0.15) is 23.1 Å². The van der Waals surface area contributed by atoms with Gasteiger partial charge in [0.25, 0.3) is 5.92 Å². The zero-order valence-electron chi connectivity index (χ0n) is 27.8. The molecule has 4 aliphatic heterocycles. The molecular weight excluding hydrogens is 683 g/mol. The molecule has 1 aromatic heterocycles. The lowest BCUT2D eigenvalue weighted by molar-refractivity contribution is -0.137. The molecule has 50 heavy (non-hydrogen) atoms. The predicted molar refractivity (Wildman–Crippen MR) is 179 cm³/mol. The van der Waals surface area contributed by atoms with Crippen molar-refractivity contribution in [3.8, 4) is 6.01 Å². The minimum Gasteiger partial charge on any atom is -0.462 e. The van der Waals surface area contributed by atoms with Gasteiger partial charge in [0.1, 0.15) is 18.5 Å². The van der Waals surface area contributed by atoms with Crippen LogP contribution in [0.1, 0.15) is 36.1 Å². The van der Waals surface area contributed by atoms with Crippen molar-refractivity contribution in [1.29, 1.82) is 0 Å². The van der Waals surface area contributed by atoms with Crippen LogP contribution in [0.5, 0.6) is 6.01 Å². The number of amides is 1. The Morgan fingerprint density at radius 3 is 2.66 bits per heavy atom. The molecule has 0 aliphatic carbocycles. The highest BCUT2D eigenvalue weighted by Gasteiger charge is 2.40. The maximum atomic E-state index is 14.1. The van der Waals surface area contributed by atoms with Crippen molar-refractivity contribution in [3.05, 3.63) is 63.6 Å². The zero-order valence-corrected chi connectivity index (χ0v) is 28.6. The Hall–Kier alpha value is -3.74. The lowest BCUT2D eigenvalue weighted by Gasteiger charge is -2.41. The number of carbonyl (C=O) groups excluding carboxylic acids is 1. The van der Waals surface area contributed by atoms with Crippen molar-refractivity contribution in [2.75, 3.05) is 82.4 Å². The van der Waals surface area contributed by atoms with E-state index in [2.05, 4.69) is 9.74 Å². The third-order valence-electron chi connectivity index (χ3n) is 9.96. The number of likely N-dealkylation sites (N-methyl/N-ethyl adjacent to an activating group) is 1. The van der Waals surface area contributed by atoms with Gasteiger partial charge in [-0.05, 0) is 45.0 Å². The normalized spacial score (nSPS) is 23.0. The van der Waals surface area contributed by atoms with Crippen molar-refractivity contribution in [1.82, 2.24) is 24.7 Å². The number of benzene rings is 1. The van der Waals surface area contributed by atoms with Crippen LogP contribution in [-0.2, 0) is 23.9 Å². The molecule has 2 aromatic rings. The summed E-state index contributed by atoms with van der Waals surface area (Å²) in [7, 11) is 2.03. The number of aromatic nitrogens is 2. The first-order chi connectivity index (χ1) is 23.8. The van der Waals surface area contributed by atoms with E-state index >= 15 is 0 Å². The van der Waals surface area contributed by atoms with E-state index in [1.165, 1.54) is 24.3 Å². The first-order valence-corrected chi connectivity index (χ1v) is 17.2. The molecule has 0 spiro atoms. The largest absolute Gasteiger partial charge is 0.462 e. The molecule has 10 nitrogen and oxygen atoms in total. The lowest BCUT2D eigenvalue weighted by atomic mass is 10.0. The molecule has 0 radical (unpaired) electrons. The smallest absolute Gasteiger partial charge is 0.419 e. The molecule has 270 valence electrons. The molecule has 1 amide bonds. The first-order valence-electron chi connectivity index (χ1n) is 16.8. The number of alkyl halides is 5. The molecule has 4 aliphatic rings. The lowest BCUT2D eigenvalue weighted by Crippen LogP contribution is -2.56. The van der Waals surface area contributed by atoms with E-state index in [1.807, 2.05) is 11.9 Å². The summed E-state index contributed by atoms with van der Waals surface area (Å²) in [4.78, 5) is 35.4. The number of nitrogens with zero attached hydrogens (tertiary/aromatic N) is 8. The monoisotopic (exact) mass is 722 g/mol. The molecule has 1 aromatic carbocycles. The second-order valence-corrected chi connectivity index (χ2v) is 13.8. The Morgan fingerprint density at radius 2 is 1.96 bits per heavy atom. The fraction of sp³-hybridized carbons (Fsp3) is 0.588. The summed E-state index contributed by atoms with van der Waals surface area (Å²) in [5, 5.41) is -0.375.